The van der Waals surface area contributed by atoms with Gasteiger partial charge < -0.3 is 4.98 Å². The SMILES string of the molecule is CSc1nc(CN(C)Cc2ccccc2)cc(=O)[nH]1. The van der Waals surface area contributed by atoms with E-state index in [0.717, 1.165) is 12.2 Å². The minimum absolute atomic E-state index is 0.0949. The van der Waals surface area contributed by atoms with Crippen LogP contribution in [0.2, 0.25) is 0 Å². The molecule has 0 bridgehead atoms. The number of hydrogen-bond acceptors (Lipinski definition) is 4. The predicted molar refractivity (Wildman–Crippen MR) is 78.3 cm³/mol. The first-order valence-electron chi connectivity index (χ1n) is 6.04. The van der Waals surface area contributed by atoms with Crippen LogP contribution in [0.5, 0.6) is 0 Å². The first-order chi connectivity index (χ1) is 9.17. The summed E-state index contributed by atoms with van der Waals surface area (Å²) in [4.78, 5) is 20.7. The molecule has 0 spiro atoms. The highest BCUT2D eigenvalue weighted by Gasteiger charge is 2.05. The Bertz CT molecular complexity index is 583. The second-order valence-electron chi connectivity index (χ2n) is 4.40. The average molecular weight is 275 g/mol. The lowest BCUT2D eigenvalue weighted by molar-refractivity contribution is 0.314. The zero-order valence-corrected chi connectivity index (χ0v) is 11.9. The maximum Gasteiger partial charge on any atom is 0.251 e. The fourth-order valence-corrected chi connectivity index (χ4v) is 2.30. The second-order valence-corrected chi connectivity index (χ2v) is 5.20. The largest absolute Gasteiger partial charge is 0.301 e. The summed E-state index contributed by atoms with van der Waals surface area (Å²) in [7, 11) is 2.02. The van der Waals surface area contributed by atoms with Gasteiger partial charge in [0.1, 0.15) is 0 Å². The maximum absolute atomic E-state index is 11.5. The highest BCUT2D eigenvalue weighted by Crippen LogP contribution is 2.09. The van der Waals surface area contributed by atoms with Crippen LogP contribution >= 0.6 is 11.8 Å². The van der Waals surface area contributed by atoms with Crippen molar-refractivity contribution in [3.05, 3.63) is 58.0 Å². The van der Waals surface area contributed by atoms with E-state index in [0.29, 0.717) is 11.7 Å². The van der Waals surface area contributed by atoms with Crippen molar-refractivity contribution in [3.63, 3.8) is 0 Å². The number of nitrogens with one attached hydrogen (secondary N) is 1. The van der Waals surface area contributed by atoms with Gasteiger partial charge in [0.15, 0.2) is 5.16 Å². The van der Waals surface area contributed by atoms with Gasteiger partial charge in [-0.05, 0) is 18.9 Å². The number of aromatic nitrogens is 2. The van der Waals surface area contributed by atoms with Crippen LogP contribution in [0.25, 0.3) is 0 Å². The number of aromatic amines is 1. The van der Waals surface area contributed by atoms with E-state index in [4.69, 9.17) is 0 Å². The topological polar surface area (TPSA) is 49.0 Å². The van der Waals surface area contributed by atoms with Crippen LogP contribution < -0.4 is 5.56 Å². The molecule has 0 fully saturated rings. The Morgan fingerprint density at radius 2 is 2.00 bits per heavy atom. The van der Waals surface area contributed by atoms with Crippen molar-refractivity contribution in [2.24, 2.45) is 0 Å². The molecule has 0 aliphatic heterocycles. The molecule has 1 aromatic heterocycles. The Kier molecular flexibility index (Phi) is 4.76. The summed E-state index contributed by atoms with van der Waals surface area (Å²) in [5.74, 6) is 0. The van der Waals surface area contributed by atoms with E-state index in [1.807, 2.05) is 31.5 Å². The molecule has 0 atom stereocenters. The zero-order chi connectivity index (χ0) is 13.7. The van der Waals surface area contributed by atoms with Gasteiger partial charge in [0.05, 0.1) is 5.69 Å². The molecule has 0 unspecified atom stereocenters. The predicted octanol–water partition coefficient (Wildman–Crippen LogP) is 2.12. The molecule has 0 amide bonds. The summed E-state index contributed by atoms with van der Waals surface area (Å²) in [6.45, 7) is 1.50. The zero-order valence-electron chi connectivity index (χ0n) is 11.1. The molecule has 1 N–H and O–H groups in total. The number of hydrogen-bond donors (Lipinski definition) is 1. The van der Waals surface area contributed by atoms with Crippen LogP contribution in [-0.4, -0.2) is 28.2 Å². The van der Waals surface area contributed by atoms with E-state index < -0.39 is 0 Å². The molecule has 5 heteroatoms. The first kappa shape index (κ1) is 13.8. The van der Waals surface area contributed by atoms with Crippen molar-refractivity contribution >= 4 is 11.8 Å². The van der Waals surface area contributed by atoms with Gasteiger partial charge in [-0.15, -0.1) is 0 Å². The number of nitrogens with zero attached hydrogens (tertiary/aromatic N) is 2. The molecule has 0 saturated heterocycles. The lowest BCUT2D eigenvalue weighted by atomic mass is 10.2. The molecular weight excluding hydrogens is 258 g/mol. The molecule has 1 aromatic carbocycles. The standard InChI is InChI=1S/C14H17N3OS/c1-17(9-11-6-4-3-5-7-11)10-12-8-13(18)16-14(15-12)19-2/h3-8H,9-10H2,1-2H3,(H,15,16,18). The van der Waals surface area contributed by atoms with Crippen molar-refractivity contribution in [3.8, 4) is 0 Å². The van der Waals surface area contributed by atoms with E-state index in [1.54, 1.807) is 6.07 Å². The van der Waals surface area contributed by atoms with Crippen molar-refractivity contribution in [2.75, 3.05) is 13.3 Å². The number of thioether (sulfide) groups is 1. The average Bonchev–Trinajstić information content (AvgIpc) is 2.38. The molecule has 4 nitrogen and oxygen atoms in total. The molecule has 0 aliphatic rings. The van der Waals surface area contributed by atoms with Crippen LogP contribution in [0.15, 0.2) is 46.3 Å². The van der Waals surface area contributed by atoms with Gasteiger partial charge >= 0.3 is 0 Å². The van der Waals surface area contributed by atoms with Gasteiger partial charge in [0, 0.05) is 19.2 Å². The van der Waals surface area contributed by atoms with Crippen molar-refractivity contribution < 1.29 is 0 Å². The highest BCUT2D eigenvalue weighted by molar-refractivity contribution is 7.98. The molecule has 2 aromatic rings. The van der Waals surface area contributed by atoms with E-state index in [1.165, 1.54) is 17.3 Å². The Morgan fingerprint density at radius 1 is 1.26 bits per heavy atom. The second kappa shape index (κ2) is 6.54. The van der Waals surface area contributed by atoms with Gasteiger partial charge in [-0.25, -0.2) is 4.98 Å². The fraction of sp³-hybridized carbons (Fsp3) is 0.286. The normalized spacial score (nSPS) is 10.9. The first-order valence-corrected chi connectivity index (χ1v) is 7.26. The number of benzene rings is 1. The van der Waals surface area contributed by atoms with E-state index in [-0.39, 0.29) is 5.56 Å². The molecule has 100 valence electrons. The third-order valence-corrected chi connectivity index (χ3v) is 3.27. The van der Waals surface area contributed by atoms with Crippen LogP contribution in [0, 0.1) is 0 Å². The molecule has 2 rings (SSSR count). The van der Waals surface area contributed by atoms with Gasteiger partial charge in [-0.3, -0.25) is 9.69 Å². The quantitative estimate of drug-likeness (QED) is 0.671. The van der Waals surface area contributed by atoms with E-state index in [2.05, 4.69) is 27.0 Å². The summed E-state index contributed by atoms with van der Waals surface area (Å²) >= 11 is 1.44. The van der Waals surface area contributed by atoms with Crippen LogP contribution in [0.3, 0.4) is 0 Å². The lowest BCUT2D eigenvalue weighted by Gasteiger charge is -2.16. The van der Waals surface area contributed by atoms with Gasteiger partial charge in [0.25, 0.3) is 5.56 Å². The van der Waals surface area contributed by atoms with Gasteiger partial charge in [-0.1, -0.05) is 42.1 Å². The maximum atomic E-state index is 11.5. The summed E-state index contributed by atoms with van der Waals surface area (Å²) < 4.78 is 0. The molecular formula is C14H17N3OS. The summed E-state index contributed by atoms with van der Waals surface area (Å²) in [5, 5.41) is 0.663. The Balaban J connectivity index is 2.04. The van der Waals surface area contributed by atoms with Crippen molar-refractivity contribution in [1.29, 1.82) is 0 Å². The molecule has 19 heavy (non-hydrogen) atoms. The van der Waals surface area contributed by atoms with E-state index in [9.17, 15) is 4.79 Å². The third-order valence-electron chi connectivity index (χ3n) is 2.69. The third kappa shape index (κ3) is 4.22. The number of rotatable bonds is 5. The molecule has 0 saturated carbocycles. The molecule has 0 radical (unpaired) electrons. The van der Waals surface area contributed by atoms with Gasteiger partial charge in [0.2, 0.25) is 0 Å². The highest BCUT2D eigenvalue weighted by atomic mass is 32.2. The minimum atomic E-state index is -0.0949. The van der Waals surface area contributed by atoms with Crippen molar-refractivity contribution in [2.45, 2.75) is 18.2 Å². The smallest absolute Gasteiger partial charge is 0.251 e. The number of H-pyrrole nitrogens is 1. The lowest BCUT2D eigenvalue weighted by Crippen LogP contribution is -2.20. The molecule has 0 aliphatic carbocycles. The van der Waals surface area contributed by atoms with Crippen LogP contribution in [0.4, 0.5) is 0 Å². The van der Waals surface area contributed by atoms with E-state index >= 15 is 0 Å². The Hall–Kier alpha value is -1.59. The minimum Gasteiger partial charge on any atom is -0.301 e. The Labute approximate surface area is 116 Å². The molecule has 1 heterocycles. The Morgan fingerprint density at radius 3 is 2.68 bits per heavy atom. The van der Waals surface area contributed by atoms with Crippen LogP contribution in [0.1, 0.15) is 11.3 Å². The van der Waals surface area contributed by atoms with Crippen molar-refractivity contribution in [1.82, 2.24) is 14.9 Å². The monoisotopic (exact) mass is 275 g/mol. The summed E-state index contributed by atoms with van der Waals surface area (Å²) in [6.07, 6.45) is 1.90. The summed E-state index contributed by atoms with van der Waals surface area (Å²) in [6, 6.07) is 11.8. The fourth-order valence-electron chi connectivity index (χ4n) is 1.89. The van der Waals surface area contributed by atoms with Crippen LogP contribution in [-0.2, 0) is 13.1 Å². The van der Waals surface area contributed by atoms with Gasteiger partial charge in [-0.2, -0.15) is 0 Å². The summed E-state index contributed by atoms with van der Waals surface area (Å²) in [5.41, 5.74) is 1.95.